The Morgan fingerprint density at radius 2 is 1.60 bits per heavy atom. The molecule has 0 aromatic carbocycles. The zero-order valence-corrected chi connectivity index (χ0v) is 10.2. The summed E-state index contributed by atoms with van der Waals surface area (Å²) in [7, 11) is 0. The molecule has 15 heavy (non-hydrogen) atoms. The van der Waals surface area contributed by atoms with Crippen LogP contribution in [-0.4, -0.2) is 22.4 Å². The van der Waals surface area contributed by atoms with Gasteiger partial charge in [0.05, 0.1) is 12.2 Å². The number of hydrogen-bond donors (Lipinski definition) is 2. The van der Waals surface area contributed by atoms with Crippen LogP contribution in [0, 0.1) is 11.8 Å². The van der Waals surface area contributed by atoms with E-state index in [9.17, 15) is 10.2 Å². The van der Waals surface area contributed by atoms with Gasteiger partial charge in [0.1, 0.15) is 0 Å². The van der Waals surface area contributed by atoms with Gasteiger partial charge in [0, 0.05) is 0 Å². The molecule has 1 aliphatic carbocycles. The Bertz CT molecular complexity index is 160. The topological polar surface area (TPSA) is 40.5 Å². The van der Waals surface area contributed by atoms with Crippen molar-refractivity contribution in [3.8, 4) is 0 Å². The molecule has 0 spiro atoms. The van der Waals surface area contributed by atoms with Crippen molar-refractivity contribution in [3.05, 3.63) is 0 Å². The molecule has 0 aromatic rings. The van der Waals surface area contributed by atoms with Crippen LogP contribution in [0.4, 0.5) is 0 Å². The Morgan fingerprint density at radius 3 is 2.07 bits per heavy atom. The van der Waals surface area contributed by atoms with Crippen LogP contribution in [0.25, 0.3) is 0 Å². The fourth-order valence-electron chi connectivity index (χ4n) is 2.81. The lowest BCUT2D eigenvalue weighted by molar-refractivity contribution is -0.0302. The number of aliphatic hydroxyl groups excluding tert-OH is 2. The van der Waals surface area contributed by atoms with Crippen molar-refractivity contribution in [1.29, 1.82) is 0 Å². The zero-order chi connectivity index (χ0) is 11.3. The molecule has 2 nitrogen and oxygen atoms in total. The van der Waals surface area contributed by atoms with Crippen LogP contribution in [-0.2, 0) is 0 Å². The Morgan fingerprint density at radius 1 is 1.07 bits per heavy atom. The van der Waals surface area contributed by atoms with E-state index < -0.39 is 12.2 Å². The molecule has 0 bridgehead atoms. The number of hydrogen-bond acceptors (Lipinski definition) is 2. The summed E-state index contributed by atoms with van der Waals surface area (Å²) in [5.74, 6) is 0.922. The Labute approximate surface area is 93.7 Å². The van der Waals surface area contributed by atoms with Crippen molar-refractivity contribution < 1.29 is 10.2 Å². The highest BCUT2D eigenvalue weighted by Gasteiger charge is 2.27. The molecular weight excluding hydrogens is 188 g/mol. The van der Waals surface area contributed by atoms with Gasteiger partial charge in [0.25, 0.3) is 0 Å². The SMILES string of the molecule is CCC(CC)C(O)C(O)CC1CCCC1. The monoisotopic (exact) mass is 214 g/mol. The zero-order valence-electron chi connectivity index (χ0n) is 10.2. The largest absolute Gasteiger partial charge is 0.390 e. The molecule has 1 saturated carbocycles. The first-order chi connectivity index (χ1) is 7.19. The second-order valence-electron chi connectivity index (χ2n) is 5.02. The maximum absolute atomic E-state index is 9.99. The molecule has 90 valence electrons. The molecule has 0 saturated heterocycles. The lowest BCUT2D eigenvalue weighted by Gasteiger charge is -2.26. The summed E-state index contributed by atoms with van der Waals surface area (Å²) in [6.45, 7) is 4.17. The van der Waals surface area contributed by atoms with Gasteiger partial charge in [-0.15, -0.1) is 0 Å². The highest BCUT2D eigenvalue weighted by atomic mass is 16.3. The van der Waals surface area contributed by atoms with Gasteiger partial charge in [0.15, 0.2) is 0 Å². The summed E-state index contributed by atoms with van der Waals surface area (Å²) in [5.41, 5.74) is 0. The van der Waals surface area contributed by atoms with E-state index in [4.69, 9.17) is 0 Å². The van der Waals surface area contributed by atoms with Crippen molar-refractivity contribution in [2.75, 3.05) is 0 Å². The minimum absolute atomic E-state index is 0.265. The van der Waals surface area contributed by atoms with Gasteiger partial charge in [-0.25, -0.2) is 0 Å². The predicted molar refractivity (Wildman–Crippen MR) is 62.7 cm³/mol. The summed E-state index contributed by atoms with van der Waals surface area (Å²) in [6.07, 6.45) is 6.80. The summed E-state index contributed by atoms with van der Waals surface area (Å²) in [6, 6.07) is 0. The van der Waals surface area contributed by atoms with Gasteiger partial charge in [-0.2, -0.15) is 0 Å². The quantitative estimate of drug-likeness (QED) is 0.713. The molecule has 0 aromatic heterocycles. The molecule has 2 heteroatoms. The van der Waals surface area contributed by atoms with E-state index in [1.807, 2.05) is 0 Å². The van der Waals surface area contributed by atoms with Crippen LogP contribution in [0.2, 0.25) is 0 Å². The van der Waals surface area contributed by atoms with E-state index in [0.717, 1.165) is 19.3 Å². The summed E-state index contributed by atoms with van der Waals surface area (Å²) in [4.78, 5) is 0. The lowest BCUT2D eigenvalue weighted by Crippen LogP contribution is -2.34. The van der Waals surface area contributed by atoms with E-state index in [-0.39, 0.29) is 5.92 Å². The number of rotatable bonds is 6. The highest BCUT2D eigenvalue weighted by Crippen LogP contribution is 2.30. The summed E-state index contributed by atoms with van der Waals surface area (Å²) < 4.78 is 0. The standard InChI is InChI=1S/C13H26O2/c1-3-11(4-2)13(15)12(14)9-10-7-5-6-8-10/h10-15H,3-9H2,1-2H3. The Kier molecular flexibility index (Phi) is 5.62. The first kappa shape index (κ1) is 13.0. The lowest BCUT2D eigenvalue weighted by atomic mass is 9.88. The van der Waals surface area contributed by atoms with E-state index in [1.54, 1.807) is 0 Å². The Balaban J connectivity index is 2.33. The van der Waals surface area contributed by atoms with Crippen LogP contribution < -0.4 is 0 Å². The first-order valence-corrected chi connectivity index (χ1v) is 6.55. The molecular formula is C13H26O2. The van der Waals surface area contributed by atoms with Gasteiger partial charge in [-0.05, 0) is 18.3 Å². The summed E-state index contributed by atoms with van der Waals surface area (Å²) in [5, 5.41) is 19.9. The van der Waals surface area contributed by atoms with Crippen molar-refractivity contribution in [1.82, 2.24) is 0 Å². The van der Waals surface area contributed by atoms with Crippen molar-refractivity contribution >= 4 is 0 Å². The molecule has 1 aliphatic rings. The second-order valence-corrected chi connectivity index (χ2v) is 5.02. The molecule has 2 atom stereocenters. The van der Waals surface area contributed by atoms with E-state index in [1.165, 1.54) is 25.7 Å². The van der Waals surface area contributed by atoms with E-state index in [0.29, 0.717) is 5.92 Å². The molecule has 0 radical (unpaired) electrons. The van der Waals surface area contributed by atoms with Crippen molar-refractivity contribution in [2.24, 2.45) is 11.8 Å². The van der Waals surface area contributed by atoms with Gasteiger partial charge in [-0.1, -0.05) is 52.4 Å². The maximum Gasteiger partial charge on any atom is 0.0827 e. The van der Waals surface area contributed by atoms with E-state index >= 15 is 0 Å². The minimum Gasteiger partial charge on any atom is -0.390 e. The normalized spacial score (nSPS) is 22.2. The second kappa shape index (κ2) is 6.49. The molecule has 1 rings (SSSR count). The molecule has 2 unspecified atom stereocenters. The third kappa shape index (κ3) is 3.76. The van der Waals surface area contributed by atoms with Crippen LogP contribution in [0.15, 0.2) is 0 Å². The van der Waals surface area contributed by atoms with Gasteiger partial charge >= 0.3 is 0 Å². The molecule has 0 aliphatic heterocycles. The molecule has 0 heterocycles. The average Bonchev–Trinajstić information content (AvgIpc) is 2.72. The fraction of sp³-hybridized carbons (Fsp3) is 1.00. The van der Waals surface area contributed by atoms with Gasteiger partial charge in [-0.3, -0.25) is 0 Å². The predicted octanol–water partition coefficient (Wildman–Crippen LogP) is 2.72. The molecule has 0 amide bonds. The number of aliphatic hydroxyl groups is 2. The molecule has 1 fully saturated rings. The summed E-state index contributed by atoms with van der Waals surface area (Å²) >= 11 is 0. The smallest absolute Gasteiger partial charge is 0.0827 e. The Hall–Kier alpha value is -0.0800. The third-order valence-corrected chi connectivity index (χ3v) is 3.98. The van der Waals surface area contributed by atoms with Crippen LogP contribution in [0.5, 0.6) is 0 Å². The molecule has 2 N–H and O–H groups in total. The van der Waals surface area contributed by atoms with E-state index in [2.05, 4.69) is 13.8 Å². The van der Waals surface area contributed by atoms with Gasteiger partial charge < -0.3 is 10.2 Å². The third-order valence-electron chi connectivity index (χ3n) is 3.98. The van der Waals surface area contributed by atoms with Crippen molar-refractivity contribution in [3.63, 3.8) is 0 Å². The fourth-order valence-corrected chi connectivity index (χ4v) is 2.81. The van der Waals surface area contributed by atoms with Crippen LogP contribution in [0.1, 0.15) is 58.8 Å². The maximum atomic E-state index is 9.99. The highest BCUT2D eigenvalue weighted by molar-refractivity contribution is 4.79. The minimum atomic E-state index is -0.513. The van der Waals surface area contributed by atoms with Crippen molar-refractivity contribution in [2.45, 2.75) is 71.0 Å². The van der Waals surface area contributed by atoms with Gasteiger partial charge in [0.2, 0.25) is 0 Å². The first-order valence-electron chi connectivity index (χ1n) is 6.55. The average molecular weight is 214 g/mol. The van der Waals surface area contributed by atoms with Crippen LogP contribution >= 0.6 is 0 Å². The van der Waals surface area contributed by atoms with Crippen LogP contribution in [0.3, 0.4) is 0 Å².